The first kappa shape index (κ1) is 8.94. The minimum atomic E-state index is 0.444. The molecule has 3 nitrogen and oxygen atoms in total. The number of anilines is 1. The standard InChI is InChI=1S/C9H15N3S/c1-7(2)12-9-8(5-11-12)6-13-4-3-10-9/h5,7,10H,3-4,6H2,1-2H3. The molecule has 1 aliphatic heterocycles. The molecule has 2 heterocycles. The first-order valence-corrected chi connectivity index (χ1v) is 5.82. The van der Waals surface area contributed by atoms with E-state index in [1.165, 1.54) is 17.1 Å². The highest BCUT2D eigenvalue weighted by atomic mass is 32.2. The van der Waals surface area contributed by atoms with Gasteiger partial charge in [-0.05, 0) is 13.8 Å². The SMILES string of the molecule is CC(C)n1ncc2c1NCCSC2. The number of hydrogen-bond donors (Lipinski definition) is 1. The highest BCUT2D eigenvalue weighted by Crippen LogP contribution is 2.26. The quantitative estimate of drug-likeness (QED) is 0.748. The van der Waals surface area contributed by atoms with Gasteiger partial charge in [0, 0.05) is 29.7 Å². The van der Waals surface area contributed by atoms with Crippen molar-refractivity contribution in [1.29, 1.82) is 0 Å². The second-order valence-electron chi connectivity index (χ2n) is 3.54. The molecule has 1 aliphatic rings. The molecule has 0 aromatic carbocycles. The molecular formula is C9H15N3S. The summed E-state index contributed by atoms with van der Waals surface area (Å²) in [5, 5.41) is 7.81. The van der Waals surface area contributed by atoms with E-state index in [4.69, 9.17) is 0 Å². The summed E-state index contributed by atoms with van der Waals surface area (Å²) < 4.78 is 2.07. The van der Waals surface area contributed by atoms with Gasteiger partial charge in [0.15, 0.2) is 0 Å². The lowest BCUT2D eigenvalue weighted by atomic mass is 10.3. The molecule has 1 aromatic heterocycles. The smallest absolute Gasteiger partial charge is 0.128 e. The molecule has 0 amide bonds. The second kappa shape index (κ2) is 3.62. The normalized spacial score (nSPS) is 16.5. The van der Waals surface area contributed by atoms with E-state index in [1.54, 1.807) is 0 Å². The summed E-state index contributed by atoms with van der Waals surface area (Å²) in [4.78, 5) is 0. The van der Waals surface area contributed by atoms with Gasteiger partial charge in [-0.15, -0.1) is 0 Å². The molecule has 0 unspecified atom stereocenters. The van der Waals surface area contributed by atoms with Crippen molar-refractivity contribution in [3.8, 4) is 0 Å². The minimum Gasteiger partial charge on any atom is -0.369 e. The van der Waals surface area contributed by atoms with E-state index in [0.29, 0.717) is 6.04 Å². The molecule has 0 spiro atoms. The molecule has 0 bridgehead atoms. The van der Waals surface area contributed by atoms with Crippen LogP contribution in [-0.4, -0.2) is 22.1 Å². The summed E-state index contributed by atoms with van der Waals surface area (Å²) in [6.45, 7) is 5.37. The largest absolute Gasteiger partial charge is 0.369 e. The molecule has 0 saturated heterocycles. The Morgan fingerprint density at radius 3 is 3.23 bits per heavy atom. The van der Waals surface area contributed by atoms with E-state index in [0.717, 1.165) is 12.3 Å². The fraction of sp³-hybridized carbons (Fsp3) is 0.667. The Morgan fingerprint density at radius 1 is 1.62 bits per heavy atom. The van der Waals surface area contributed by atoms with E-state index >= 15 is 0 Å². The predicted octanol–water partition coefficient (Wildman–Crippen LogP) is 2.12. The Kier molecular flexibility index (Phi) is 2.49. The minimum absolute atomic E-state index is 0.444. The third-order valence-corrected chi connectivity index (χ3v) is 3.16. The van der Waals surface area contributed by atoms with Gasteiger partial charge in [0.1, 0.15) is 5.82 Å². The van der Waals surface area contributed by atoms with Crippen LogP contribution in [0.3, 0.4) is 0 Å². The topological polar surface area (TPSA) is 29.9 Å². The number of thioether (sulfide) groups is 1. The van der Waals surface area contributed by atoms with Crippen molar-refractivity contribution in [3.05, 3.63) is 11.8 Å². The number of nitrogens with zero attached hydrogens (tertiary/aromatic N) is 2. The maximum Gasteiger partial charge on any atom is 0.128 e. The van der Waals surface area contributed by atoms with Gasteiger partial charge in [-0.1, -0.05) is 0 Å². The highest BCUT2D eigenvalue weighted by molar-refractivity contribution is 7.98. The Hall–Kier alpha value is -0.640. The van der Waals surface area contributed by atoms with Crippen molar-refractivity contribution >= 4 is 17.6 Å². The van der Waals surface area contributed by atoms with Crippen molar-refractivity contribution in [2.45, 2.75) is 25.6 Å². The predicted molar refractivity (Wildman–Crippen MR) is 57.3 cm³/mol. The van der Waals surface area contributed by atoms with Crippen molar-refractivity contribution in [1.82, 2.24) is 9.78 Å². The molecular weight excluding hydrogens is 182 g/mol. The lowest BCUT2D eigenvalue weighted by molar-refractivity contribution is 0.538. The molecule has 0 saturated carbocycles. The summed E-state index contributed by atoms with van der Waals surface area (Å²) in [5.41, 5.74) is 1.34. The van der Waals surface area contributed by atoms with Crippen LogP contribution >= 0.6 is 11.8 Å². The van der Waals surface area contributed by atoms with Gasteiger partial charge in [0.25, 0.3) is 0 Å². The first-order valence-electron chi connectivity index (χ1n) is 4.67. The van der Waals surface area contributed by atoms with Crippen LogP contribution in [0, 0.1) is 0 Å². The molecule has 0 aliphatic carbocycles. The molecule has 2 rings (SSSR count). The molecule has 0 atom stereocenters. The van der Waals surface area contributed by atoms with E-state index in [-0.39, 0.29) is 0 Å². The van der Waals surface area contributed by atoms with Crippen LogP contribution in [0.25, 0.3) is 0 Å². The maximum atomic E-state index is 4.38. The third kappa shape index (κ3) is 1.68. The molecule has 72 valence electrons. The fourth-order valence-corrected chi connectivity index (χ4v) is 2.34. The Bertz CT molecular complexity index is 293. The molecule has 13 heavy (non-hydrogen) atoms. The van der Waals surface area contributed by atoms with Crippen LogP contribution in [0.15, 0.2) is 6.20 Å². The van der Waals surface area contributed by atoms with Gasteiger partial charge in [-0.3, -0.25) is 0 Å². The van der Waals surface area contributed by atoms with Gasteiger partial charge in [0.05, 0.1) is 6.20 Å². The number of nitrogens with one attached hydrogen (secondary N) is 1. The summed E-state index contributed by atoms with van der Waals surface area (Å²) in [7, 11) is 0. The maximum absolute atomic E-state index is 4.38. The number of rotatable bonds is 1. The van der Waals surface area contributed by atoms with Crippen LogP contribution in [-0.2, 0) is 5.75 Å². The van der Waals surface area contributed by atoms with E-state index in [1.807, 2.05) is 18.0 Å². The number of hydrogen-bond acceptors (Lipinski definition) is 3. The summed E-state index contributed by atoms with van der Waals surface area (Å²) in [6.07, 6.45) is 1.99. The van der Waals surface area contributed by atoms with Crippen LogP contribution in [0.5, 0.6) is 0 Å². The molecule has 1 aromatic rings. The fourth-order valence-electron chi connectivity index (χ4n) is 1.51. The van der Waals surface area contributed by atoms with Crippen molar-refractivity contribution in [2.75, 3.05) is 17.6 Å². The summed E-state index contributed by atoms with van der Waals surface area (Å²) >= 11 is 1.97. The van der Waals surface area contributed by atoms with Gasteiger partial charge in [-0.2, -0.15) is 16.9 Å². The summed E-state index contributed by atoms with van der Waals surface area (Å²) in [5.74, 6) is 3.50. The Labute approximate surface area is 82.9 Å². The average molecular weight is 197 g/mol. The zero-order chi connectivity index (χ0) is 9.26. The van der Waals surface area contributed by atoms with Crippen LogP contribution in [0.4, 0.5) is 5.82 Å². The number of fused-ring (bicyclic) bond motifs is 1. The first-order chi connectivity index (χ1) is 6.29. The zero-order valence-electron chi connectivity index (χ0n) is 8.08. The van der Waals surface area contributed by atoms with E-state index in [9.17, 15) is 0 Å². The monoisotopic (exact) mass is 197 g/mol. The number of aromatic nitrogens is 2. The molecule has 1 N–H and O–H groups in total. The van der Waals surface area contributed by atoms with Gasteiger partial charge >= 0.3 is 0 Å². The van der Waals surface area contributed by atoms with Gasteiger partial charge in [0.2, 0.25) is 0 Å². The lowest BCUT2D eigenvalue weighted by Gasteiger charge is -2.11. The second-order valence-corrected chi connectivity index (χ2v) is 4.64. The van der Waals surface area contributed by atoms with Crippen LogP contribution in [0.2, 0.25) is 0 Å². The molecule has 4 heteroatoms. The van der Waals surface area contributed by atoms with Crippen molar-refractivity contribution in [3.63, 3.8) is 0 Å². The lowest BCUT2D eigenvalue weighted by Crippen LogP contribution is -2.11. The molecule has 0 radical (unpaired) electrons. The third-order valence-electron chi connectivity index (χ3n) is 2.16. The average Bonchev–Trinajstić information content (AvgIpc) is 2.36. The van der Waals surface area contributed by atoms with Crippen LogP contribution < -0.4 is 5.32 Å². The van der Waals surface area contributed by atoms with Gasteiger partial charge in [-0.25, -0.2) is 4.68 Å². The van der Waals surface area contributed by atoms with Crippen LogP contribution in [0.1, 0.15) is 25.5 Å². The summed E-state index contributed by atoms with van der Waals surface area (Å²) in [6, 6.07) is 0.444. The van der Waals surface area contributed by atoms with Crippen molar-refractivity contribution in [2.24, 2.45) is 0 Å². The highest BCUT2D eigenvalue weighted by Gasteiger charge is 2.14. The zero-order valence-corrected chi connectivity index (χ0v) is 8.90. The Balaban J connectivity index is 2.34. The van der Waals surface area contributed by atoms with E-state index < -0.39 is 0 Å². The van der Waals surface area contributed by atoms with Gasteiger partial charge < -0.3 is 5.32 Å². The Morgan fingerprint density at radius 2 is 2.46 bits per heavy atom. The molecule has 0 fully saturated rings. The van der Waals surface area contributed by atoms with E-state index in [2.05, 4.69) is 28.9 Å². The van der Waals surface area contributed by atoms with Crippen molar-refractivity contribution < 1.29 is 0 Å².